The van der Waals surface area contributed by atoms with Gasteiger partial charge >= 0.3 is 0 Å². The summed E-state index contributed by atoms with van der Waals surface area (Å²) in [5.41, 5.74) is 4.28. The van der Waals surface area contributed by atoms with E-state index in [9.17, 15) is 0 Å². The molecule has 0 aromatic heterocycles. The van der Waals surface area contributed by atoms with Gasteiger partial charge in [-0.05, 0) is 23.8 Å². The van der Waals surface area contributed by atoms with Gasteiger partial charge in [0.15, 0.2) is 0 Å². The first kappa shape index (κ1) is 14.0. The molecule has 0 amide bonds. The number of hydrogen-bond donors (Lipinski definition) is 2. The van der Waals surface area contributed by atoms with Crippen LogP contribution in [0.5, 0.6) is 0 Å². The van der Waals surface area contributed by atoms with Crippen LogP contribution < -0.4 is 11.3 Å². The monoisotopic (exact) mass is 276 g/mol. The highest BCUT2D eigenvalue weighted by Gasteiger charge is 2.53. The van der Waals surface area contributed by atoms with Gasteiger partial charge in [-0.25, -0.2) is 0 Å². The van der Waals surface area contributed by atoms with E-state index in [1.165, 1.54) is 12.0 Å². The first-order chi connectivity index (χ1) is 9.80. The number of hydrogen-bond acceptors (Lipinski definition) is 4. The lowest BCUT2D eigenvalue weighted by Gasteiger charge is -2.42. The quantitative estimate of drug-likeness (QED) is 0.636. The molecule has 2 fully saturated rings. The molecular formula is C16H24N2O2. The Kier molecular flexibility index (Phi) is 4.08. The van der Waals surface area contributed by atoms with Gasteiger partial charge in [0.05, 0.1) is 11.6 Å². The molecule has 1 aliphatic carbocycles. The van der Waals surface area contributed by atoms with E-state index in [1.54, 1.807) is 7.11 Å². The van der Waals surface area contributed by atoms with Crippen molar-refractivity contribution in [2.45, 2.75) is 36.8 Å². The van der Waals surface area contributed by atoms with Crippen molar-refractivity contribution < 1.29 is 9.47 Å². The largest absolute Gasteiger partial charge is 0.381 e. The van der Waals surface area contributed by atoms with E-state index in [2.05, 4.69) is 35.8 Å². The molecule has 1 aromatic carbocycles. The average molecular weight is 276 g/mol. The van der Waals surface area contributed by atoms with Crippen molar-refractivity contribution in [1.82, 2.24) is 5.43 Å². The fourth-order valence-electron chi connectivity index (χ4n) is 3.69. The molecule has 1 saturated carbocycles. The lowest BCUT2D eigenvalue weighted by Crippen LogP contribution is -2.58. The average Bonchev–Trinajstić information content (AvgIpc) is 3.30. The van der Waals surface area contributed by atoms with Gasteiger partial charge in [0.1, 0.15) is 0 Å². The van der Waals surface area contributed by atoms with E-state index >= 15 is 0 Å². The molecule has 3 unspecified atom stereocenters. The molecule has 4 heteroatoms. The number of benzene rings is 1. The van der Waals surface area contributed by atoms with E-state index < -0.39 is 0 Å². The van der Waals surface area contributed by atoms with Gasteiger partial charge in [-0.2, -0.15) is 0 Å². The summed E-state index contributed by atoms with van der Waals surface area (Å²) in [6.07, 6.45) is 3.01. The number of hydrazine groups is 1. The van der Waals surface area contributed by atoms with Gasteiger partial charge < -0.3 is 9.47 Å². The molecule has 1 aliphatic heterocycles. The van der Waals surface area contributed by atoms with Crippen molar-refractivity contribution in [2.24, 2.45) is 11.8 Å². The van der Waals surface area contributed by atoms with Crippen LogP contribution >= 0.6 is 0 Å². The summed E-state index contributed by atoms with van der Waals surface area (Å²) in [5.74, 6) is 7.03. The zero-order valence-corrected chi connectivity index (χ0v) is 12.0. The summed E-state index contributed by atoms with van der Waals surface area (Å²) < 4.78 is 11.4. The van der Waals surface area contributed by atoms with E-state index in [0.29, 0.717) is 11.8 Å². The Hall–Kier alpha value is -0.940. The molecule has 0 bridgehead atoms. The van der Waals surface area contributed by atoms with Gasteiger partial charge in [0.2, 0.25) is 0 Å². The van der Waals surface area contributed by atoms with Crippen molar-refractivity contribution in [2.75, 3.05) is 20.3 Å². The third-order valence-corrected chi connectivity index (χ3v) is 4.99. The predicted octanol–water partition coefficient (Wildman–Crippen LogP) is 1.82. The Morgan fingerprint density at radius 3 is 2.60 bits per heavy atom. The zero-order chi connectivity index (χ0) is 14.0. The third kappa shape index (κ3) is 2.49. The Bertz CT molecular complexity index is 431. The minimum Gasteiger partial charge on any atom is -0.381 e. The molecule has 20 heavy (non-hydrogen) atoms. The molecule has 3 atom stereocenters. The lowest BCUT2D eigenvalue weighted by atomic mass is 9.82. The molecule has 3 N–H and O–H groups in total. The molecule has 1 saturated heterocycles. The summed E-state index contributed by atoms with van der Waals surface area (Å²) >= 11 is 0. The van der Waals surface area contributed by atoms with E-state index in [1.807, 2.05) is 0 Å². The van der Waals surface area contributed by atoms with Crippen LogP contribution in [0.4, 0.5) is 0 Å². The molecule has 4 nitrogen and oxygen atoms in total. The highest BCUT2D eigenvalue weighted by Crippen LogP contribution is 2.53. The maximum absolute atomic E-state index is 5.89. The normalized spacial score (nSPS) is 29.9. The van der Waals surface area contributed by atoms with Crippen LogP contribution in [0.25, 0.3) is 0 Å². The van der Waals surface area contributed by atoms with Crippen molar-refractivity contribution in [3.8, 4) is 0 Å². The predicted molar refractivity (Wildman–Crippen MR) is 78.2 cm³/mol. The van der Waals surface area contributed by atoms with Crippen molar-refractivity contribution in [1.29, 1.82) is 0 Å². The number of rotatable bonds is 5. The van der Waals surface area contributed by atoms with Gasteiger partial charge in [-0.3, -0.25) is 11.3 Å². The van der Waals surface area contributed by atoms with Crippen LogP contribution in [0.3, 0.4) is 0 Å². The molecule has 2 aliphatic rings. The Balaban J connectivity index is 1.74. The molecule has 1 aromatic rings. The zero-order valence-electron chi connectivity index (χ0n) is 12.0. The van der Waals surface area contributed by atoms with Crippen molar-refractivity contribution >= 4 is 0 Å². The van der Waals surface area contributed by atoms with Gasteiger partial charge in [-0.15, -0.1) is 0 Å². The highest BCUT2D eigenvalue weighted by atomic mass is 16.5. The number of methoxy groups -OCH3 is 1. The van der Waals surface area contributed by atoms with Crippen LogP contribution in [-0.2, 0) is 9.47 Å². The number of nitrogens with one attached hydrogen (secondary N) is 1. The second-order valence-corrected chi connectivity index (χ2v) is 5.94. The molecule has 110 valence electrons. The fourth-order valence-corrected chi connectivity index (χ4v) is 3.69. The van der Waals surface area contributed by atoms with Crippen molar-refractivity contribution in [3.05, 3.63) is 35.9 Å². The highest BCUT2D eigenvalue weighted by molar-refractivity contribution is 5.27. The molecule has 1 heterocycles. The summed E-state index contributed by atoms with van der Waals surface area (Å²) in [5, 5.41) is 0. The smallest absolute Gasteiger partial charge is 0.0891 e. The maximum Gasteiger partial charge on any atom is 0.0891 e. The first-order valence-corrected chi connectivity index (χ1v) is 7.45. The third-order valence-electron chi connectivity index (χ3n) is 4.99. The van der Waals surface area contributed by atoms with Gasteiger partial charge in [-0.1, -0.05) is 30.3 Å². The van der Waals surface area contributed by atoms with Crippen LogP contribution in [0.15, 0.2) is 30.3 Å². The van der Waals surface area contributed by atoms with E-state index in [-0.39, 0.29) is 11.6 Å². The van der Waals surface area contributed by atoms with Crippen LogP contribution in [0, 0.1) is 5.92 Å². The lowest BCUT2D eigenvalue weighted by molar-refractivity contribution is -0.114. The minimum atomic E-state index is -0.179. The number of nitrogens with two attached hydrogens (primary N) is 1. The Morgan fingerprint density at radius 2 is 2.00 bits per heavy atom. The fraction of sp³-hybridized carbons (Fsp3) is 0.625. The van der Waals surface area contributed by atoms with E-state index in [0.717, 1.165) is 26.1 Å². The molecule has 0 spiro atoms. The summed E-state index contributed by atoms with van der Waals surface area (Å²) in [4.78, 5) is 0. The second-order valence-electron chi connectivity index (χ2n) is 5.94. The standard InChI is InChI=1S/C16H24N2O2/c1-19-16(7-9-20-10-8-16)15(18-17)14-11-13(14)12-5-3-2-4-6-12/h2-6,13-15,18H,7-11,17H2,1H3. The summed E-state index contributed by atoms with van der Waals surface area (Å²) in [7, 11) is 1.80. The Labute approximate surface area is 120 Å². The molecular weight excluding hydrogens is 252 g/mol. The topological polar surface area (TPSA) is 56.5 Å². The van der Waals surface area contributed by atoms with Crippen LogP contribution in [0.2, 0.25) is 0 Å². The van der Waals surface area contributed by atoms with Gasteiger partial charge in [0.25, 0.3) is 0 Å². The van der Waals surface area contributed by atoms with Crippen molar-refractivity contribution in [3.63, 3.8) is 0 Å². The molecule has 3 rings (SSSR count). The van der Waals surface area contributed by atoms with Crippen LogP contribution in [0.1, 0.15) is 30.7 Å². The summed E-state index contributed by atoms with van der Waals surface area (Å²) in [6.45, 7) is 1.52. The second kappa shape index (κ2) is 5.82. The number of ether oxygens (including phenoxy) is 2. The maximum atomic E-state index is 5.89. The SMILES string of the molecule is COC1(C(NN)C2CC2c2ccccc2)CCOCC1. The van der Waals surface area contributed by atoms with E-state index in [4.69, 9.17) is 15.3 Å². The first-order valence-electron chi connectivity index (χ1n) is 7.45. The Morgan fingerprint density at radius 1 is 1.30 bits per heavy atom. The van der Waals surface area contributed by atoms with Crippen LogP contribution in [-0.4, -0.2) is 32.0 Å². The summed E-state index contributed by atoms with van der Waals surface area (Å²) in [6, 6.07) is 10.9. The van der Waals surface area contributed by atoms with Gasteiger partial charge in [0, 0.05) is 33.2 Å². The molecule has 0 radical (unpaired) electrons. The minimum absolute atomic E-state index is 0.179.